The van der Waals surface area contributed by atoms with E-state index in [1.54, 1.807) is 6.92 Å². The molecule has 0 saturated carbocycles. The Hall–Kier alpha value is -2.37. The van der Waals surface area contributed by atoms with Crippen LogP contribution in [-0.4, -0.2) is 33.8 Å². The Morgan fingerprint density at radius 3 is 2.43 bits per heavy atom. The minimum absolute atomic E-state index is 0.198. The Morgan fingerprint density at radius 1 is 1.20 bits per heavy atom. The van der Waals surface area contributed by atoms with Crippen LogP contribution in [-0.2, 0) is 22.3 Å². The van der Waals surface area contributed by atoms with E-state index in [4.69, 9.17) is 14.5 Å². The van der Waals surface area contributed by atoms with Crippen LogP contribution >= 0.6 is 0 Å². The number of fused-ring (bicyclic) bond motifs is 2. The summed E-state index contributed by atoms with van der Waals surface area (Å²) < 4.78 is 12.2. The molecule has 30 heavy (non-hydrogen) atoms. The summed E-state index contributed by atoms with van der Waals surface area (Å²) in [6, 6.07) is 2.02. The zero-order valence-electron chi connectivity index (χ0n) is 19.5. The maximum Gasteiger partial charge on any atom is 0.419 e. The lowest BCUT2D eigenvalue weighted by Crippen LogP contribution is -2.29. The SMILES string of the molecule is CCOC(=O)c1c(C)c2nc3c(cc2n1C(=O)OC(C)(C)C)CC(C(C)(C)C)CC3. The van der Waals surface area contributed by atoms with Crippen molar-refractivity contribution in [2.45, 2.75) is 80.3 Å². The van der Waals surface area contributed by atoms with Gasteiger partial charge in [-0.25, -0.2) is 14.2 Å². The first-order valence-corrected chi connectivity index (χ1v) is 10.8. The van der Waals surface area contributed by atoms with Crippen molar-refractivity contribution < 1.29 is 19.1 Å². The maximum atomic E-state index is 13.1. The third-order valence-corrected chi connectivity index (χ3v) is 5.81. The van der Waals surface area contributed by atoms with Gasteiger partial charge in [0.15, 0.2) is 0 Å². The number of hydrogen-bond donors (Lipinski definition) is 0. The topological polar surface area (TPSA) is 70.4 Å². The highest BCUT2D eigenvalue weighted by Crippen LogP contribution is 2.38. The van der Waals surface area contributed by atoms with Crippen LogP contribution in [0.2, 0.25) is 0 Å². The second-order valence-electron chi connectivity index (χ2n) is 10.3. The second kappa shape index (κ2) is 7.71. The third kappa shape index (κ3) is 4.23. The zero-order valence-corrected chi connectivity index (χ0v) is 19.5. The third-order valence-electron chi connectivity index (χ3n) is 5.81. The van der Waals surface area contributed by atoms with E-state index in [9.17, 15) is 9.59 Å². The summed E-state index contributed by atoms with van der Waals surface area (Å²) in [5.41, 5.74) is 3.83. The molecular weight excluding hydrogens is 380 g/mol. The number of aryl methyl sites for hydroxylation is 2. The molecule has 0 radical (unpaired) electrons. The van der Waals surface area contributed by atoms with Crippen molar-refractivity contribution in [2.75, 3.05) is 6.61 Å². The van der Waals surface area contributed by atoms with Crippen molar-refractivity contribution in [3.05, 3.63) is 28.6 Å². The molecule has 0 amide bonds. The first-order valence-electron chi connectivity index (χ1n) is 10.8. The van der Waals surface area contributed by atoms with E-state index in [2.05, 4.69) is 20.8 Å². The average molecular weight is 415 g/mol. The fourth-order valence-corrected chi connectivity index (χ4v) is 4.18. The molecule has 2 aromatic rings. The van der Waals surface area contributed by atoms with Crippen molar-refractivity contribution in [3.8, 4) is 0 Å². The van der Waals surface area contributed by atoms with Gasteiger partial charge in [0.2, 0.25) is 0 Å². The van der Waals surface area contributed by atoms with E-state index in [0.717, 1.165) is 30.5 Å². The van der Waals surface area contributed by atoms with Crippen molar-refractivity contribution >= 4 is 23.1 Å². The number of hydrogen-bond acceptors (Lipinski definition) is 5. The van der Waals surface area contributed by atoms with Crippen LogP contribution in [0.15, 0.2) is 6.07 Å². The number of pyridine rings is 1. The maximum absolute atomic E-state index is 13.1. The van der Waals surface area contributed by atoms with E-state index >= 15 is 0 Å². The van der Waals surface area contributed by atoms with Crippen molar-refractivity contribution in [3.63, 3.8) is 0 Å². The van der Waals surface area contributed by atoms with Gasteiger partial charge in [-0.2, -0.15) is 0 Å². The Labute approximate surface area is 179 Å². The summed E-state index contributed by atoms with van der Waals surface area (Å²) in [7, 11) is 0. The smallest absolute Gasteiger partial charge is 0.419 e. The van der Waals surface area contributed by atoms with E-state index < -0.39 is 17.7 Å². The second-order valence-corrected chi connectivity index (χ2v) is 10.3. The van der Waals surface area contributed by atoms with Gasteiger partial charge in [0.1, 0.15) is 11.3 Å². The lowest BCUT2D eigenvalue weighted by molar-refractivity contribution is 0.0453. The molecule has 0 bridgehead atoms. The van der Waals surface area contributed by atoms with Gasteiger partial charge in [-0.05, 0) is 76.8 Å². The Balaban J connectivity index is 2.21. The van der Waals surface area contributed by atoms with Crippen molar-refractivity contribution in [1.82, 2.24) is 9.55 Å². The van der Waals surface area contributed by atoms with Crippen molar-refractivity contribution in [1.29, 1.82) is 0 Å². The monoisotopic (exact) mass is 414 g/mol. The van der Waals surface area contributed by atoms with Gasteiger partial charge < -0.3 is 9.47 Å². The molecule has 6 heteroatoms. The molecule has 0 spiro atoms. The average Bonchev–Trinajstić information content (AvgIpc) is 2.89. The number of carbonyl (C=O) groups excluding carboxylic acids is 2. The Kier molecular flexibility index (Phi) is 5.74. The lowest BCUT2D eigenvalue weighted by atomic mass is 9.71. The Bertz CT molecular complexity index is 990. The van der Waals surface area contributed by atoms with Crippen LogP contribution in [0.1, 0.15) is 82.2 Å². The van der Waals surface area contributed by atoms with Gasteiger partial charge in [-0.15, -0.1) is 0 Å². The van der Waals surface area contributed by atoms with E-state index in [-0.39, 0.29) is 17.7 Å². The van der Waals surface area contributed by atoms with Crippen LogP contribution in [0, 0.1) is 18.3 Å². The predicted octanol–water partition coefficient (Wildman–Crippen LogP) is 5.46. The summed E-state index contributed by atoms with van der Waals surface area (Å²) in [6.07, 6.45) is 2.31. The minimum Gasteiger partial charge on any atom is -0.461 e. The minimum atomic E-state index is -0.688. The van der Waals surface area contributed by atoms with Crippen LogP contribution in [0.25, 0.3) is 11.0 Å². The fraction of sp³-hybridized carbons (Fsp3) is 0.625. The number of aromatic nitrogens is 2. The summed E-state index contributed by atoms with van der Waals surface area (Å²) >= 11 is 0. The highest BCUT2D eigenvalue weighted by molar-refractivity contribution is 6.03. The van der Waals surface area contributed by atoms with E-state index in [0.29, 0.717) is 22.5 Å². The molecule has 0 saturated heterocycles. The molecular formula is C24H34N2O4. The molecule has 3 rings (SSSR count). The highest BCUT2D eigenvalue weighted by atomic mass is 16.6. The molecule has 164 valence electrons. The summed E-state index contributed by atoms with van der Waals surface area (Å²) in [4.78, 5) is 30.8. The van der Waals surface area contributed by atoms with Gasteiger partial charge in [0, 0.05) is 11.3 Å². The molecule has 0 N–H and O–H groups in total. The zero-order chi connectivity index (χ0) is 22.4. The number of ether oxygens (including phenoxy) is 2. The molecule has 1 aliphatic carbocycles. The van der Waals surface area contributed by atoms with Crippen LogP contribution in [0.5, 0.6) is 0 Å². The lowest BCUT2D eigenvalue weighted by Gasteiger charge is -2.34. The molecule has 1 aliphatic rings. The van der Waals surface area contributed by atoms with E-state index in [1.807, 2.05) is 33.8 Å². The van der Waals surface area contributed by atoms with Gasteiger partial charge >= 0.3 is 12.1 Å². The number of esters is 1. The molecule has 2 aromatic heterocycles. The summed E-state index contributed by atoms with van der Waals surface area (Å²) in [5, 5.41) is 0. The molecule has 0 aliphatic heterocycles. The van der Waals surface area contributed by atoms with Gasteiger partial charge in [-0.1, -0.05) is 20.8 Å². The molecule has 0 aromatic carbocycles. The Morgan fingerprint density at radius 2 is 1.87 bits per heavy atom. The predicted molar refractivity (Wildman–Crippen MR) is 117 cm³/mol. The van der Waals surface area contributed by atoms with Gasteiger partial charge in [-0.3, -0.25) is 4.98 Å². The van der Waals surface area contributed by atoms with Crippen molar-refractivity contribution in [2.24, 2.45) is 11.3 Å². The first-order chi connectivity index (χ1) is 13.8. The summed E-state index contributed by atoms with van der Waals surface area (Å²) in [6.45, 7) is 16.0. The number of nitrogens with zero attached hydrogens (tertiary/aromatic N) is 2. The fourth-order valence-electron chi connectivity index (χ4n) is 4.18. The van der Waals surface area contributed by atoms with Gasteiger partial charge in [0.25, 0.3) is 0 Å². The van der Waals surface area contributed by atoms with Gasteiger partial charge in [0.05, 0.1) is 17.6 Å². The molecule has 2 heterocycles. The highest BCUT2D eigenvalue weighted by Gasteiger charge is 2.33. The van der Waals surface area contributed by atoms with Crippen LogP contribution in [0.4, 0.5) is 4.79 Å². The molecule has 0 fully saturated rings. The quantitative estimate of drug-likeness (QED) is 0.611. The molecule has 6 nitrogen and oxygen atoms in total. The van der Waals surface area contributed by atoms with Crippen LogP contribution in [0.3, 0.4) is 0 Å². The molecule has 1 unspecified atom stereocenters. The molecule has 1 atom stereocenters. The largest absolute Gasteiger partial charge is 0.461 e. The van der Waals surface area contributed by atoms with E-state index in [1.165, 1.54) is 4.57 Å². The first kappa shape index (κ1) is 22.3. The normalized spacial score (nSPS) is 17.0. The summed E-state index contributed by atoms with van der Waals surface area (Å²) in [5.74, 6) is 0.00390. The number of carbonyl (C=O) groups is 2. The standard InChI is InChI=1S/C24H34N2O4/c1-9-29-21(27)20-14(2)19-18(26(20)22(28)30-24(6,7)8)13-15-12-16(23(3,4)5)10-11-17(15)25-19/h13,16H,9-12H2,1-8H3. The van der Waals surface area contributed by atoms with Crippen LogP contribution < -0.4 is 0 Å². The number of rotatable bonds is 2.